The number of phenols is 1. The van der Waals surface area contributed by atoms with Crippen LogP contribution >= 0.6 is 0 Å². The van der Waals surface area contributed by atoms with Crippen LogP contribution in [0.4, 0.5) is 0 Å². The molecule has 0 amide bonds. The Morgan fingerprint density at radius 3 is 1.83 bits per heavy atom. The minimum absolute atomic E-state index is 0.437. The fourth-order valence-electron chi connectivity index (χ4n) is 1.28. The maximum absolute atomic E-state index is 9.68. The topological polar surface area (TPSA) is 20.2 Å². The second-order valence-electron chi connectivity index (χ2n) is 3.15. The fraction of sp³-hybridized carbons (Fsp3) is 0.400. The summed E-state index contributed by atoms with van der Waals surface area (Å²) >= 11 is 2.58. The van der Waals surface area contributed by atoms with Crippen molar-refractivity contribution in [3.63, 3.8) is 0 Å². The summed E-state index contributed by atoms with van der Waals surface area (Å²) in [6.45, 7) is 8.02. The Bertz CT molecular complexity index is 224. The van der Waals surface area contributed by atoms with E-state index in [9.17, 15) is 5.11 Å². The van der Waals surface area contributed by atoms with Crippen LogP contribution in [0.15, 0.2) is 0 Å². The van der Waals surface area contributed by atoms with E-state index in [1.165, 1.54) is 11.1 Å². The molecule has 0 fully saturated rings. The first-order valence-corrected chi connectivity index (χ1v) is 4.77. The average molecular weight is 250 g/mol. The van der Waals surface area contributed by atoms with Gasteiger partial charge in [0, 0.05) is 0 Å². The first-order valence-electron chi connectivity index (χ1n) is 3.90. The molecular formula is C10H13ORu. The Balaban J connectivity index is 3.60. The van der Waals surface area contributed by atoms with E-state index in [2.05, 4.69) is 25.2 Å². The van der Waals surface area contributed by atoms with Gasteiger partial charge in [0.05, 0.1) is 0 Å². The Hall–Kier alpha value is -0.357. The normalized spacial score (nSPS) is 10.4. The Kier molecular flexibility index (Phi) is 2.58. The van der Waals surface area contributed by atoms with Gasteiger partial charge in [0.1, 0.15) is 0 Å². The molecule has 0 atom stereocenters. The molecule has 2 heteroatoms. The third-order valence-corrected chi connectivity index (χ3v) is 3.78. The van der Waals surface area contributed by atoms with Crippen molar-refractivity contribution in [1.82, 2.24) is 0 Å². The van der Waals surface area contributed by atoms with Gasteiger partial charge in [0.25, 0.3) is 0 Å². The van der Waals surface area contributed by atoms with Crippen LogP contribution in [-0.4, -0.2) is 5.11 Å². The molecule has 0 unspecified atom stereocenters. The van der Waals surface area contributed by atoms with Gasteiger partial charge in [0.15, 0.2) is 0 Å². The first-order chi connectivity index (χ1) is 5.46. The van der Waals surface area contributed by atoms with Gasteiger partial charge < -0.3 is 0 Å². The molecule has 1 aromatic rings. The second kappa shape index (κ2) is 3.18. The van der Waals surface area contributed by atoms with Crippen molar-refractivity contribution >= 4 is 4.16 Å². The van der Waals surface area contributed by atoms with E-state index in [4.69, 9.17) is 0 Å². The van der Waals surface area contributed by atoms with Gasteiger partial charge in [-0.25, -0.2) is 0 Å². The molecule has 1 aromatic carbocycles. The third-order valence-electron chi connectivity index (χ3n) is 2.48. The zero-order valence-corrected chi connectivity index (χ0v) is 9.54. The molecular weight excluding hydrogens is 237 g/mol. The summed E-state index contributed by atoms with van der Waals surface area (Å²) in [5.74, 6) is 0.437. The standard InChI is InChI=1S/C10H13O.Ru/c1-6-5-7(2)10(11)9(4)8(6)3;/h11H,1-4H3;. The van der Waals surface area contributed by atoms with Crippen molar-refractivity contribution in [3.8, 4) is 5.75 Å². The van der Waals surface area contributed by atoms with Crippen LogP contribution in [0.25, 0.3) is 0 Å². The number of hydrogen-bond acceptors (Lipinski definition) is 1. The van der Waals surface area contributed by atoms with Gasteiger partial charge in [-0.05, 0) is 0 Å². The number of rotatable bonds is 0. The van der Waals surface area contributed by atoms with Crippen LogP contribution in [-0.2, 0) is 18.3 Å². The molecule has 0 saturated carbocycles. The summed E-state index contributed by atoms with van der Waals surface area (Å²) in [5, 5.41) is 9.68. The van der Waals surface area contributed by atoms with Gasteiger partial charge in [-0.1, -0.05) is 0 Å². The fourth-order valence-corrected chi connectivity index (χ4v) is 1.81. The van der Waals surface area contributed by atoms with Gasteiger partial charge >= 0.3 is 83.3 Å². The van der Waals surface area contributed by atoms with Crippen molar-refractivity contribution in [1.29, 1.82) is 0 Å². The molecule has 0 heterocycles. The Labute approximate surface area is 83.5 Å². The summed E-state index contributed by atoms with van der Waals surface area (Å²) in [5.41, 5.74) is 4.43. The molecule has 1 rings (SSSR count). The number of phenolic OH excluding ortho intramolecular Hbond substituents is 1. The second-order valence-corrected chi connectivity index (χ2v) is 4.02. The molecule has 0 saturated heterocycles. The van der Waals surface area contributed by atoms with E-state index < -0.39 is 0 Å². The van der Waals surface area contributed by atoms with Crippen molar-refractivity contribution in [2.75, 3.05) is 0 Å². The minimum atomic E-state index is 0.437. The summed E-state index contributed by atoms with van der Waals surface area (Å²) in [7, 11) is 0. The van der Waals surface area contributed by atoms with Crippen molar-refractivity contribution in [2.45, 2.75) is 27.7 Å². The van der Waals surface area contributed by atoms with Crippen LogP contribution in [0.3, 0.4) is 0 Å². The molecule has 0 aliphatic carbocycles. The third kappa shape index (κ3) is 1.29. The molecule has 0 spiro atoms. The molecule has 0 aliphatic heterocycles. The van der Waals surface area contributed by atoms with Crippen molar-refractivity contribution in [3.05, 3.63) is 22.3 Å². The summed E-state index contributed by atoms with van der Waals surface area (Å²) in [6.07, 6.45) is 0. The van der Waals surface area contributed by atoms with Crippen LogP contribution in [0, 0.1) is 27.7 Å². The zero-order chi connectivity index (χ0) is 9.46. The van der Waals surface area contributed by atoms with Crippen LogP contribution < -0.4 is 4.16 Å². The van der Waals surface area contributed by atoms with Crippen molar-refractivity contribution < 1.29 is 23.4 Å². The molecule has 1 nitrogen and oxygen atoms in total. The monoisotopic (exact) mass is 251 g/mol. The number of aromatic hydroxyl groups is 1. The van der Waals surface area contributed by atoms with E-state index in [0.29, 0.717) is 5.75 Å². The van der Waals surface area contributed by atoms with E-state index in [1.54, 1.807) is 0 Å². The van der Waals surface area contributed by atoms with Gasteiger partial charge in [-0.3, -0.25) is 0 Å². The average Bonchev–Trinajstić information content (AvgIpc) is 2.08. The first kappa shape index (κ1) is 9.73. The molecule has 0 aromatic heterocycles. The van der Waals surface area contributed by atoms with Gasteiger partial charge in [-0.15, -0.1) is 0 Å². The molecule has 0 bridgehead atoms. The van der Waals surface area contributed by atoms with Gasteiger partial charge in [0.2, 0.25) is 0 Å². The molecule has 12 heavy (non-hydrogen) atoms. The van der Waals surface area contributed by atoms with E-state index in [-0.39, 0.29) is 0 Å². The molecule has 67 valence electrons. The molecule has 1 N–H and O–H groups in total. The number of hydrogen-bond donors (Lipinski definition) is 1. The van der Waals surface area contributed by atoms with Crippen LogP contribution in [0.1, 0.15) is 22.3 Å². The number of benzene rings is 1. The Morgan fingerprint density at radius 1 is 0.833 bits per heavy atom. The molecule has 0 radical (unpaired) electrons. The summed E-state index contributed by atoms with van der Waals surface area (Å²) in [4.78, 5) is 0. The van der Waals surface area contributed by atoms with E-state index in [1.807, 2.05) is 20.8 Å². The summed E-state index contributed by atoms with van der Waals surface area (Å²) < 4.78 is 1.13. The maximum atomic E-state index is 9.68. The quantitative estimate of drug-likeness (QED) is 0.696. The van der Waals surface area contributed by atoms with Gasteiger partial charge in [-0.2, -0.15) is 0 Å². The predicted octanol–water partition coefficient (Wildman–Crippen LogP) is 1.80. The Morgan fingerprint density at radius 2 is 1.33 bits per heavy atom. The van der Waals surface area contributed by atoms with E-state index in [0.717, 1.165) is 15.3 Å². The van der Waals surface area contributed by atoms with Crippen LogP contribution in [0.5, 0.6) is 5.75 Å². The SMILES string of the molecule is Cc1c(C)c(O)c(C)[c]([Ru])c1C. The molecule has 0 aliphatic rings. The summed E-state index contributed by atoms with van der Waals surface area (Å²) in [6, 6.07) is 0. The zero-order valence-electron chi connectivity index (χ0n) is 7.80. The van der Waals surface area contributed by atoms with Crippen LogP contribution in [0.2, 0.25) is 0 Å². The van der Waals surface area contributed by atoms with E-state index >= 15 is 0 Å². The van der Waals surface area contributed by atoms with Crippen molar-refractivity contribution in [2.24, 2.45) is 0 Å². The predicted molar refractivity (Wildman–Crippen MR) is 46.7 cm³/mol.